The van der Waals surface area contributed by atoms with Gasteiger partial charge in [0.2, 0.25) is 0 Å². The Hall–Kier alpha value is -4.67. The second kappa shape index (κ2) is 14.2. The summed E-state index contributed by atoms with van der Waals surface area (Å²) in [6.07, 6.45) is 8.69. The van der Waals surface area contributed by atoms with E-state index in [1.807, 2.05) is 21.4 Å². The topological polar surface area (TPSA) is 96.3 Å². The molecule has 1 saturated carbocycles. The first kappa shape index (κ1) is 31.3. The van der Waals surface area contributed by atoms with Crippen molar-refractivity contribution in [2.45, 2.75) is 44.4 Å². The molecule has 1 amide bonds. The molecule has 1 fully saturated rings. The van der Waals surface area contributed by atoms with E-state index >= 15 is 0 Å². The number of carbonyl (C=O) groups is 1. The van der Waals surface area contributed by atoms with E-state index < -0.39 is 28.8 Å². The minimum Gasteiger partial charge on any atom is -0.376 e. The third-order valence-electron chi connectivity index (χ3n) is 8.42. The number of benzene rings is 4. The van der Waals surface area contributed by atoms with Gasteiger partial charge in [-0.15, -0.1) is 0 Å². The van der Waals surface area contributed by atoms with Crippen molar-refractivity contribution < 1.29 is 22.3 Å². The normalized spacial score (nSPS) is 14.2. The van der Waals surface area contributed by atoms with Gasteiger partial charge in [-0.1, -0.05) is 67.8 Å². The number of aromatic nitrogens is 2. The third-order valence-corrected chi connectivity index (χ3v) is 8.82. The molecule has 0 radical (unpaired) electrons. The van der Waals surface area contributed by atoms with Gasteiger partial charge in [0, 0.05) is 35.6 Å². The number of amides is 1. The van der Waals surface area contributed by atoms with Crippen molar-refractivity contribution in [2.75, 3.05) is 11.9 Å². The third kappa shape index (κ3) is 7.58. The Morgan fingerprint density at radius 1 is 0.891 bits per heavy atom. The molecule has 1 atom stereocenters. The Morgan fingerprint density at radius 3 is 2.22 bits per heavy atom. The molecule has 1 unspecified atom stereocenters. The maximum absolute atomic E-state index is 14.8. The van der Waals surface area contributed by atoms with Crippen LogP contribution in [0, 0.1) is 11.6 Å². The van der Waals surface area contributed by atoms with E-state index in [-0.39, 0.29) is 12.1 Å². The van der Waals surface area contributed by atoms with E-state index in [2.05, 4.69) is 53.8 Å². The lowest BCUT2D eigenvalue weighted by atomic mass is 9.83. The predicted octanol–water partition coefficient (Wildman–Crippen LogP) is 7.79. The number of hydrogen-bond donors (Lipinski definition) is 3. The van der Waals surface area contributed by atoms with Crippen LogP contribution in [-0.4, -0.2) is 30.8 Å². The van der Waals surface area contributed by atoms with Crippen molar-refractivity contribution in [3.8, 4) is 28.1 Å². The summed E-state index contributed by atoms with van der Waals surface area (Å²) in [5.74, 6) is -0.659. The fourth-order valence-corrected chi connectivity index (χ4v) is 6.30. The first-order chi connectivity index (χ1) is 22.3. The van der Waals surface area contributed by atoms with Crippen molar-refractivity contribution in [3.63, 3.8) is 0 Å². The minimum atomic E-state index is -2.43. The zero-order valence-corrected chi connectivity index (χ0v) is 25.9. The highest BCUT2D eigenvalue weighted by Crippen LogP contribution is 2.34. The van der Waals surface area contributed by atoms with Crippen LogP contribution in [0.4, 0.5) is 14.5 Å². The Morgan fingerprint density at radius 2 is 1.57 bits per heavy atom. The lowest BCUT2D eigenvalue weighted by molar-refractivity contribution is -0.117. The molecule has 1 aliphatic rings. The summed E-state index contributed by atoms with van der Waals surface area (Å²) in [5, 5.41) is 2.90. The van der Waals surface area contributed by atoms with Gasteiger partial charge in [-0.05, 0) is 77.4 Å². The smallest absolute Gasteiger partial charge is 0.261 e. The number of imidazole rings is 1. The molecule has 0 bridgehead atoms. The molecular formula is C36H34F2N4O3S. The van der Waals surface area contributed by atoms with E-state index in [1.54, 1.807) is 18.3 Å². The van der Waals surface area contributed by atoms with Crippen LogP contribution in [0.5, 0.6) is 0 Å². The maximum atomic E-state index is 14.8. The van der Waals surface area contributed by atoms with Gasteiger partial charge in [0.1, 0.15) is 17.5 Å². The largest absolute Gasteiger partial charge is 0.376 e. The van der Waals surface area contributed by atoms with Gasteiger partial charge in [-0.25, -0.2) is 18.0 Å². The van der Waals surface area contributed by atoms with Crippen LogP contribution in [-0.2, 0) is 22.5 Å². The number of hydrogen-bond acceptors (Lipinski definition) is 4. The van der Waals surface area contributed by atoms with Gasteiger partial charge in [-0.3, -0.25) is 14.1 Å². The molecular weight excluding hydrogens is 606 g/mol. The summed E-state index contributed by atoms with van der Waals surface area (Å²) in [6.45, 7) is -0.184. The Labute approximate surface area is 269 Å². The lowest BCUT2D eigenvalue weighted by Crippen LogP contribution is -2.30. The van der Waals surface area contributed by atoms with E-state index in [9.17, 15) is 17.8 Å². The number of carbonyl (C=O) groups excluding carboxylic acids is 1. The molecule has 0 saturated heterocycles. The Kier molecular flexibility index (Phi) is 9.65. The highest BCUT2D eigenvalue weighted by atomic mass is 32.2. The summed E-state index contributed by atoms with van der Waals surface area (Å²) in [7, 11) is 0. The summed E-state index contributed by atoms with van der Waals surface area (Å²) in [5.41, 5.74) is 6.67. The molecule has 1 aromatic heterocycles. The second-order valence-electron chi connectivity index (χ2n) is 11.5. The van der Waals surface area contributed by atoms with Gasteiger partial charge in [0.15, 0.2) is 0 Å². The fraction of sp³-hybridized carbons (Fsp3) is 0.222. The lowest BCUT2D eigenvalue weighted by Gasteiger charge is -2.22. The SMILES string of the molecule is O=C(CNc1ccc(-n2cc(-c3ccc(F)cc3F)nc2Cc2ccc(-c3ccc(C4CCCCC4)cc3)cc2)cc1)NS(=O)O. The second-order valence-corrected chi connectivity index (χ2v) is 12.2. The average Bonchev–Trinajstić information content (AvgIpc) is 3.47. The Bertz CT molecular complexity index is 1840. The molecule has 1 aliphatic carbocycles. The summed E-state index contributed by atoms with van der Waals surface area (Å²) in [4.78, 5) is 16.5. The van der Waals surface area contributed by atoms with Crippen LogP contribution in [0.25, 0.3) is 28.1 Å². The van der Waals surface area contributed by atoms with Crippen molar-refractivity contribution in [2.24, 2.45) is 0 Å². The van der Waals surface area contributed by atoms with Gasteiger partial charge >= 0.3 is 0 Å². The van der Waals surface area contributed by atoms with Crippen molar-refractivity contribution in [3.05, 3.63) is 126 Å². The van der Waals surface area contributed by atoms with Crippen LogP contribution in [0.15, 0.2) is 97.2 Å². The van der Waals surface area contributed by atoms with Crippen LogP contribution < -0.4 is 10.0 Å². The maximum Gasteiger partial charge on any atom is 0.261 e. The average molecular weight is 641 g/mol. The number of nitrogens with one attached hydrogen (secondary N) is 2. The molecule has 236 valence electrons. The molecule has 4 aromatic carbocycles. The van der Waals surface area contributed by atoms with E-state index in [1.165, 1.54) is 49.8 Å². The zero-order valence-electron chi connectivity index (χ0n) is 25.1. The first-order valence-electron chi connectivity index (χ1n) is 15.3. The Balaban J connectivity index is 1.23. The summed E-state index contributed by atoms with van der Waals surface area (Å²) in [6, 6.07) is 27.9. The van der Waals surface area contributed by atoms with Crippen LogP contribution in [0.2, 0.25) is 0 Å². The number of rotatable bonds is 10. The number of halogens is 2. The molecule has 7 nitrogen and oxygen atoms in total. The summed E-state index contributed by atoms with van der Waals surface area (Å²) >= 11 is -2.43. The highest BCUT2D eigenvalue weighted by Gasteiger charge is 2.17. The first-order valence-corrected chi connectivity index (χ1v) is 16.4. The number of nitrogens with zero attached hydrogens (tertiary/aromatic N) is 2. The van der Waals surface area contributed by atoms with Crippen molar-refractivity contribution in [1.29, 1.82) is 0 Å². The van der Waals surface area contributed by atoms with Crippen LogP contribution >= 0.6 is 0 Å². The monoisotopic (exact) mass is 640 g/mol. The van der Waals surface area contributed by atoms with Gasteiger partial charge in [-0.2, -0.15) is 0 Å². The van der Waals surface area contributed by atoms with Crippen LogP contribution in [0.3, 0.4) is 0 Å². The predicted molar refractivity (Wildman–Crippen MR) is 177 cm³/mol. The van der Waals surface area contributed by atoms with Crippen molar-refractivity contribution >= 4 is 22.9 Å². The van der Waals surface area contributed by atoms with E-state index in [4.69, 9.17) is 9.54 Å². The molecule has 46 heavy (non-hydrogen) atoms. The molecule has 6 rings (SSSR count). The molecule has 5 aromatic rings. The summed E-state index contributed by atoms with van der Waals surface area (Å²) < 4.78 is 51.7. The zero-order chi connectivity index (χ0) is 32.0. The molecule has 0 aliphatic heterocycles. The van der Waals surface area contributed by atoms with E-state index in [0.717, 1.165) is 28.4 Å². The molecule has 10 heteroatoms. The molecule has 1 heterocycles. The van der Waals surface area contributed by atoms with Gasteiger partial charge < -0.3 is 9.88 Å². The quantitative estimate of drug-likeness (QED) is 0.136. The minimum absolute atomic E-state index is 0.184. The van der Waals surface area contributed by atoms with Gasteiger partial charge in [0.25, 0.3) is 17.2 Å². The fourth-order valence-electron chi connectivity index (χ4n) is 6.03. The van der Waals surface area contributed by atoms with Crippen molar-refractivity contribution in [1.82, 2.24) is 14.3 Å². The molecule has 3 N–H and O–H groups in total. The van der Waals surface area contributed by atoms with Crippen LogP contribution in [0.1, 0.15) is 55.0 Å². The molecule has 0 spiro atoms. The van der Waals surface area contributed by atoms with E-state index in [0.29, 0.717) is 29.5 Å². The van der Waals surface area contributed by atoms with Gasteiger partial charge in [0.05, 0.1) is 12.2 Å². The number of anilines is 1. The highest BCUT2D eigenvalue weighted by molar-refractivity contribution is 7.77. The standard InChI is InChI=1S/C36H34F2N4O3S/c37-29-14-19-32(33(38)21-29)34-23-42(31-17-15-30(16-18-31)39-22-36(43)41-46(44)45)35(40-34)20-24-6-8-26(9-7-24)28-12-10-27(11-13-28)25-4-2-1-3-5-25/h6-19,21,23,25,39H,1-5,20,22H2,(H,41,43)(H,44,45).